The van der Waals surface area contributed by atoms with E-state index in [9.17, 15) is 19.5 Å². The van der Waals surface area contributed by atoms with Crippen molar-refractivity contribution in [3.05, 3.63) is 59.7 Å². The molecule has 0 heterocycles. The van der Waals surface area contributed by atoms with Crippen molar-refractivity contribution in [2.75, 3.05) is 13.2 Å². The highest BCUT2D eigenvalue weighted by Gasteiger charge is 2.52. The van der Waals surface area contributed by atoms with Crippen molar-refractivity contribution in [3.63, 3.8) is 0 Å². The minimum atomic E-state index is -1.16. The molecule has 2 amide bonds. The number of nitrogens with one attached hydrogen (secondary N) is 2. The monoisotopic (exact) mass is 464 g/mol. The summed E-state index contributed by atoms with van der Waals surface area (Å²) in [5.41, 5.74) is 3.24. The predicted octanol–water partition coefficient (Wildman–Crippen LogP) is 4.31. The first-order chi connectivity index (χ1) is 16.1. The molecular weight excluding hydrogens is 432 g/mol. The van der Waals surface area contributed by atoms with Crippen LogP contribution in [0.3, 0.4) is 0 Å². The Bertz CT molecular complexity index is 1050. The summed E-state index contributed by atoms with van der Waals surface area (Å²) < 4.78 is 5.58. The lowest BCUT2D eigenvalue weighted by molar-refractivity contribution is -0.144. The van der Waals surface area contributed by atoms with Crippen LogP contribution in [-0.2, 0) is 14.3 Å². The van der Waals surface area contributed by atoms with Gasteiger partial charge in [0.2, 0.25) is 5.91 Å². The number of carbonyl (C=O) groups excluding carboxylic acids is 2. The van der Waals surface area contributed by atoms with Crippen LogP contribution in [0, 0.1) is 11.3 Å². The average Bonchev–Trinajstić information content (AvgIpc) is 3.50. The summed E-state index contributed by atoms with van der Waals surface area (Å²) in [6, 6.07) is 16.2. The zero-order valence-electron chi connectivity index (χ0n) is 19.9. The van der Waals surface area contributed by atoms with E-state index in [-0.39, 0.29) is 30.4 Å². The number of fused-ring (bicyclic) bond motifs is 3. The van der Waals surface area contributed by atoms with Crippen LogP contribution in [0.15, 0.2) is 48.5 Å². The van der Waals surface area contributed by atoms with E-state index < -0.39 is 23.5 Å². The molecule has 1 unspecified atom stereocenters. The maximum absolute atomic E-state index is 12.9. The average molecular weight is 465 g/mol. The third kappa shape index (κ3) is 5.08. The summed E-state index contributed by atoms with van der Waals surface area (Å²) in [7, 11) is 0. The van der Waals surface area contributed by atoms with Crippen molar-refractivity contribution in [1.29, 1.82) is 0 Å². The molecule has 4 rings (SSSR count). The Labute approximate surface area is 199 Å². The lowest BCUT2D eigenvalue weighted by Crippen LogP contribution is -2.48. The molecule has 0 aromatic heterocycles. The van der Waals surface area contributed by atoms with Gasteiger partial charge in [-0.05, 0) is 46.9 Å². The number of carboxylic acid groups (broad SMARTS) is 1. The Hall–Kier alpha value is -3.35. The lowest BCUT2D eigenvalue weighted by Gasteiger charge is -2.27. The van der Waals surface area contributed by atoms with Crippen molar-refractivity contribution in [2.24, 2.45) is 11.3 Å². The van der Waals surface area contributed by atoms with Gasteiger partial charge in [0.1, 0.15) is 12.1 Å². The molecule has 1 saturated carbocycles. The highest BCUT2D eigenvalue weighted by molar-refractivity contribution is 5.90. The number of carboxylic acids is 1. The number of carbonyl (C=O) groups is 3. The second-order valence-corrected chi connectivity index (χ2v) is 10.5. The molecule has 0 bridgehead atoms. The second-order valence-electron chi connectivity index (χ2n) is 10.5. The van der Waals surface area contributed by atoms with Gasteiger partial charge in [-0.1, -0.05) is 69.3 Å². The van der Waals surface area contributed by atoms with Gasteiger partial charge in [-0.15, -0.1) is 0 Å². The molecular formula is C27H32N2O5. The topological polar surface area (TPSA) is 105 Å². The van der Waals surface area contributed by atoms with E-state index in [1.807, 2.05) is 45.0 Å². The van der Waals surface area contributed by atoms with E-state index in [1.165, 1.54) is 0 Å². The number of amides is 2. The van der Waals surface area contributed by atoms with E-state index in [1.54, 1.807) is 0 Å². The van der Waals surface area contributed by atoms with E-state index in [0.29, 0.717) is 19.3 Å². The van der Waals surface area contributed by atoms with Gasteiger partial charge in [0.15, 0.2) is 0 Å². The molecule has 34 heavy (non-hydrogen) atoms. The zero-order chi connectivity index (χ0) is 24.5. The minimum absolute atomic E-state index is 0.0443. The quantitative estimate of drug-likeness (QED) is 0.540. The molecule has 1 fully saturated rings. The summed E-state index contributed by atoms with van der Waals surface area (Å²) in [5.74, 6) is -1.97. The third-order valence-corrected chi connectivity index (χ3v) is 6.59. The van der Waals surface area contributed by atoms with E-state index in [4.69, 9.17) is 4.74 Å². The van der Waals surface area contributed by atoms with E-state index in [0.717, 1.165) is 22.3 Å². The number of aliphatic carboxylic acids is 1. The largest absolute Gasteiger partial charge is 0.480 e. The molecule has 2 aromatic carbocycles. The lowest BCUT2D eigenvalue weighted by atomic mass is 9.84. The number of rotatable bonds is 8. The van der Waals surface area contributed by atoms with Crippen LogP contribution in [0.2, 0.25) is 0 Å². The standard InChI is InChI=1S/C27H32N2O5/c1-26(2,3)14-17(23(30)29-27(12-13-27)24(31)32)15-28-25(33)34-16-22-20-10-6-4-8-18(20)19-9-5-7-11-21(19)22/h4-11,17,22H,12-16H2,1-3H3,(H,28,33)(H,29,30)(H,31,32). The summed E-state index contributed by atoms with van der Waals surface area (Å²) in [6.07, 6.45) is 0.762. The third-order valence-electron chi connectivity index (χ3n) is 6.59. The normalized spacial score (nSPS) is 16.7. The van der Waals surface area contributed by atoms with Gasteiger partial charge in [-0.25, -0.2) is 9.59 Å². The highest BCUT2D eigenvalue weighted by atomic mass is 16.5. The van der Waals surface area contributed by atoms with Crippen molar-refractivity contribution >= 4 is 18.0 Å². The number of hydrogen-bond acceptors (Lipinski definition) is 4. The smallest absolute Gasteiger partial charge is 0.407 e. The van der Waals surface area contributed by atoms with Crippen LogP contribution in [0.5, 0.6) is 0 Å². The number of benzene rings is 2. The molecule has 7 heteroatoms. The zero-order valence-corrected chi connectivity index (χ0v) is 19.9. The van der Waals surface area contributed by atoms with Gasteiger partial charge in [0.25, 0.3) is 0 Å². The SMILES string of the molecule is CC(C)(C)CC(CNC(=O)OCC1c2ccccc2-c2ccccc21)C(=O)NC1(C(=O)O)CC1. The van der Waals surface area contributed by atoms with Crippen LogP contribution in [0.4, 0.5) is 4.79 Å². The number of alkyl carbamates (subject to hydrolysis) is 1. The van der Waals surface area contributed by atoms with Crippen LogP contribution >= 0.6 is 0 Å². The summed E-state index contributed by atoms with van der Waals surface area (Å²) in [6.45, 7) is 6.29. The molecule has 3 N–H and O–H groups in total. The number of hydrogen-bond donors (Lipinski definition) is 3. The fourth-order valence-corrected chi connectivity index (χ4v) is 4.71. The summed E-state index contributed by atoms with van der Waals surface area (Å²) >= 11 is 0. The van der Waals surface area contributed by atoms with E-state index in [2.05, 4.69) is 34.9 Å². The molecule has 2 aromatic rings. The van der Waals surface area contributed by atoms with Crippen LogP contribution in [-0.4, -0.2) is 41.8 Å². The number of ether oxygens (including phenoxy) is 1. The van der Waals surface area contributed by atoms with Crippen molar-refractivity contribution in [3.8, 4) is 11.1 Å². The highest BCUT2D eigenvalue weighted by Crippen LogP contribution is 2.44. The van der Waals surface area contributed by atoms with Gasteiger partial charge >= 0.3 is 12.1 Å². The Morgan fingerprint density at radius 2 is 1.59 bits per heavy atom. The van der Waals surface area contributed by atoms with Crippen molar-refractivity contribution in [2.45, 2.75) is 51.5 Å². The molecule has 0 saturated heterocycles. The van der Waals surface area contributed by atoms with Gasteiger partial charge in [-0.2, -0.15) is 0 Å². The van der Waals surface area contributed by atoms with Crippen LogP contribution < -0.4 is 10.6 Å². The molecule has 0 aliphatic heterocycles. The maximum Gasteiger partial charge on any atom is 0.407 e. The Morgan fingerprint density at radius 1 is 1.03 bits per heavy atom. The Balaban J connectivity index is 1.37. The first-order valence-corrected chi connectivity index (χ1v) is 11.7. The molecule has 1 atom stereocenters. The predicted molar refractivity (Wildman–Crippen MR) is 128 cm³/mol. The van der Waals surface area contributed by atoms with E-state index >= 15 is 0 Å². The van der Waals surface area contributed by atoms with Gasteiger partial charge in [0, 0.05) is 12.5 Å². The second kappa shape index (κ2) is 9.12. The maximum atomic E-state index is 12.9. The van der Waals surface area contributed by atoms with Crippen LogP contribution in [0.25, 0.3) is 11.1 Å². The van der Waals surface area contributed by atoms with Gasteiger partial charge < -0.3 is 20.5 Å². The first-order valence-electron chi connectivity index (χ1n) is 11.7. The molecule has 2 aliphatic rings. The fourth-order valence-electron chi connectivity index (χ4n) is 4.71. The molecule has 2 aliphatic carbocycles. The van der Waals surface area contributed by atoms with Crippen molar-refractivity contribution in [1.82, 2.24) is 10.6 Å². The Morgan fingerprint density at radius 3 is 2.09 bits per heavy atom. The molecule has 180 valence electrons. The summed E-state index contributed by atoms with van der Waals surface area (Å²) in [4.78, 5) is 36.9. The summed E-state index contributed by atoms with van der Waals surface area (Å²) in [5, 5.41) is 14.8. The molecule has 7 nitrogen and oxygen atoms in total. The Kier molecular flexibility index (Phi) is 6.39. The van der Waals surface area contributed by atoms with Crippen LogP contribution in [0.1, 0.15) is 57.1 Å². The minimum Gasteiger partial charge on any atom is -0.480 e. The molecule has 0 radical (unpaired) electrons. The van der Waals surface area contributed by atoms with Gasteiger partial charge in [-0.3, -0.25) is 4.79 Å². The molecule has 0 spiro atoms. The van der Waals surface area contributed by atoms with Crippen molar-refractivity contribution < 1.29 is 24.2 Å². The fraction of sp³-hybridized carbons (Fsp3) is 0.444. The first kappa shape index (κ1) is 23.8. The van der Waals surface area contributed by atoms with Gasteiger partial charge in [0.05, 0.1) is 5.92 Å².